The molecule has 0 aliphatic carbocycles. The molecule has 0 spiro atoms. The zero-order chi connectivity index (χ0) is 15.0. The molecule has 0 amide bonds. The van der Waals surface area contributed by atoms with E-state index in [1.807, 2.05) is 17.9 Å². The van der Waals surface area contributed by atoms with Gasteiger partial charge in [-0.2, -0.15) is 0 Å². The Labute approximate surface area is 130 Å². The van der Waals surface area contributed by atoms with Crippen LogP contribution in [0, 0.1) is 6.92 Å². The average Bonchev–Trinajstić information content (AvgIpc) is 2.72. The normalized spacial score (nSPS) is 18.1. The van der Waals surface area contributed by atoms with Crippen LogP contribution in [0.2, 0.25) is 0 Å². The summed E-state index contributed by atoms with van der Waals surface area (Å²) in [6.45, 7) is 3.91. The lowest BCUT2D eigenvalue weighted by molar-refractivity contribution is -0.0670. The molecule has 2 aromatic rings. The van der Waals surface area contributed by atoms with Gasteiger partial charge in [-0.3, -0.25) is 4.90 Å². The molecule has 1 aliphatic heterocycles. The first-order chi connectivity index (χ1) is 10.0. The number of rotatable bonds is 5. The van der Waals surface area contributed by atoms with Gasteiger partial charge in [0.25, 0.3) is 0 Å². The molecule has 1 saturated heterocycles. The molecule has 114 valence electrons. The van der Waals surface area contributed by atoms with Gasteiger partial charge >= 0.3 is 0 Å². The molecule has 0 aromatic carbocycles. The highest BCUT2D eigenvalue weighted by Gasteiger charge is 2.42. The first-order valence-electron chi connectivity index (χ1n) is 7.01. The summed E-state index contributed by atoms with van der Waals surface area (Å²) in [4.78, 5) is 10.8. The summed E-state index contributed by atoms with van der Waals surface area (Å²) in [5, 5.41) is 8.89. The number of alkyl halides is 1. The van der Waals surface area contributed by atoms with E-state index in [9.17, 15) is 4.39 Å². The van der Waals surface area contributed by atoms with Crippen LogP contribution in [0.4, 0.5) is 4.39 Å². The maximum Gasteiger partial charge on any atom is 0.177 e. The fourth-order valence-corrected chi connectivity index (χ4v) is 3.16. The molecule has 0 radical (unpaired) electrons. The molecular weight excluding hydrogens is 339 g/mol. The van der Waals surface area contributed by atoms with E-state index in [0.29, 0.717) is 13.1 Å². The van der Waals surface area contributed by atoms with Crippen molar-refractivity contribution in [2.75, 3.05) is 26.2 Å². The molecule has 1 aliphatic rings. The van der Waals surface area contributed by atoms with Crippen molar-refractivity contribution in [2.24, 2.45) is 0 Å². The van der Waals surface area contributed by atoms with Crippen LogP contribution in [0.25, 0.3) is 11.2 Å². The molecule has 3 rings (SSSR count). The molecule has 1 N–H and O–H groups in total. The van der Waals surface area contributed by atoms with Crippen LogP contribution in [0.3, 0.4) is 0 Å². The maximum absolute atomic E-state index is 13.6. The summed E-state index contributed by atoms with van der Waals surface area (Å²) in [5.41, 5.74) is 0.384. The van der Waals surface area contributed by atoms with Gasteiger partial charge in [-0.1, -0.05) is 0 Å². The van der Waals surface area contributed by atoms with Gasteiger partial charge in [0.15, 0.2) is 11.3 Å². The first kappa shape index (κ1) is 14.9. The van der Waals surface area contributed by atoms with Crippen LogP contribution < -0.4 is 0 Å². The van der Waals surface area contributed by atoms with Crippen LogP contribution in [0.5, 0.6) is 0 Å². The van der Waals surface area contributed by atoms with Crippen LogP contribution in [-0.2, 0) is 6.54 Å². The van der Waals surface area contributed by atoms with Crippen molar-refractivity contribution in [3.63, 3.8) is 0 Å². The van der Waals surface area contributed by atoms with Crippen molar-refractivity contribution in [2.45, 2.75) is 25.6 Å². The molecule has 21 heavy (non-hydrogen) atoms. The van der Waals surface area contributed by atoms with E-state index in [1.165, 1.54) is 0 Å². The highest BCUT2D eigenvalue weighted by Crippen LogP contribution is 2.25. The van der Waals surface area contributed by atoms with Crippen molar-refractivity contribution in [3.8, 4) is 0 Å². The fraction of sp³-hybridized carbons (Fsp3) is 0.571. The lowest BCUT2D eigenvalue weighted by atomic mass is 9.97. The Morgan fingerprint density at radius 1 is 1.43 bits per heavy atom. The number of aromatic nitrogens is 3. The van der Waals surface area contributed by atoms with Crippen molar-refractivity contribution >= 4 is 27.1 Å². The summed E-state index contributed by atoms with van der Waals surface area (Å²) >= 11 is 3.43. The van der Waals surface area contributed by atoms with E-state index >= 15 is 0 Å². The molecule has 0 atom stereocenters. The molecule has 0 saturated carbocycles. The number of likely N-dealkylation sites (tertiary alicyclic amines) is 1. The zero-order valence-electron chi connectivity index (χ0n) is 11.9. The predicted molar refractivity (Wildman–Crippen MR) is 81.9 cm³/mol. The lowest BCUT2D eigenvalue weighted by Gasteiger charge is -2.43. The molecule has 5 nitrogen and oxygen atoms in total. The first-order valence-corrected chi connectivity index (χ1v) is 7.81. The number of nitrogens with zero attached hydrogens (tertiary/aromatic N) is 4. The molecule has 3 heterocycles. The summed E-state index contributed by atoms with van der Waals surface area (Å²) < 4.78 is 16.7. The average molecular weight is 357 g/mol. The van der Waals surface area contributed by atoms with E-state index in [1.54, 1.807) is 6.20 Å². The Morgan fingerprint density at radius 2 is 2.19 bits per heavy atom. The van der Waals surface area contributed by atoms with E-state index in [2.05, 4.69) is 30.5 Å². The van der Waals surface area contributed by atoms with Crippen LogP contribution >= 0.6 is 15.9 Å². The van der Waals surface area contributed by atoms with E-state index in [4.69, 9.17) is 5.11 Å². The monoisotopic (exact) mass is 356 g/mol. The second-order valence-electron chi connectivity index (χ2n) is 5.68. The van der Waals surface area contributed by atoms with E-state index in [0.717, 1.165) is 41.0 Å². The number of imidazole rings is 1. The smallest absolute Gasteiger partial charge is 0.177 e. The molecule has 2 aromatic heterocycles. The van der Waals surface area contributed by atoms with Gasteiger partial charge in [0.05, 0.1) is 12.1 Å². The second-order valence-corrected chi connectivity index (χ2v) is 6.60. The Balaban J connectivity index is 1.61. The third kappa shape index (κ3) is 2.95. The number of pyridine rings is 1. The van der Waals surface area contributed by atoms with Crippen LogP contribution in [0.1, 0.15) is 12.2 Å². The van der Waals surface area contributed by atoms with Gasteiger partial charge in [-0.15, -0.1) is 0 Å². The van der Waals surface area contributed by atoms with Gasteiger partial charge in [0.1, 0.15) is 5.82 Å². The molecule has 7 heteroatoms. The highest BCUT2D eigenvalue weighted by atomic mass is 79.9. The molecule has 1 fully saturated rings. The van der Waals surface area contributed by atoms with Crippen molar-refractivity contribution in [1.82, 2.24) is 19.4 Å². The Kier molecular flexibility index (Phi) is 3.98. The fourth-order valence-electron chi connectivity index (χ4n) is 2.84. The second kappa shape index (κ2) is 5.62. The summed E-state index contributed by atoms with van der Waals surface area (Å²) in [7, 11) is 0. The SMILES string of the molecule is Cc1nc2ncc(Br)cc2n1CCCN1CC(F)(CO)C1. The number of halogens is 2. The lowest BCUT2D eigenvalue weighted by Crippen LogP contribution is -2.61. The van der Waals surface area contributed by atoms with Crippen molar-refractivity contribution in [3.05, 3.63) is 22.6 Å². The number of aryl methyl sites for hydroxylation is 2. The minimum Gasteiger partial charge on any atom is -0.393 e. The maximum atomic E-state index is 13.6. The zero-order valence-corrected chi connectivity index (χ0v) is 13.5. The number of hydrogen-bond donors (Lipinski definition) is 1. The van der Waals surface area contributed by atoms with Gasteiger partial charge < -0.3 is 9.67 Å². The van der Waals surface area contributed by atoms with Gasteiger partial charge in [0.2, 0.25) is 0 Å². The summed E-state index contributed by atoms with van der Waals surface area (Å²) in [5.74, 6) is 0.939. The minimum absolute atomic E-state index is 0.334. The summed E-state index contributed by atoms with van der Waals surface area (Å²) in [6, 6.07) is 2.02. The Bertz CT molecular complexity index is 654. The third-order valence-electron chi connectivity index (χ3n) is 3.92. The number of aliphatic hydroxyl groups excluding tert-OH is 1. The Morgan fingerprint density at radius 3 is 2.90 bits per heavy atom. The van der Waals surface area contributed by atoms with E-state index < -0.39 is 5.67 Å². The van der Waals surface area contributed by atoms with Gasteiger partial charge in [0, 0.05) is 36.8 Å². The van der Waals surface area contributed by atoms with Gasteiger partial charge in [-0.25, -0.2) is 14.4 Å². The van der Waals surface area contributed by atoms with Crippen molar-refractivity contribution < 1.29 is 9.50 Å². The largest absolute Gasteiger partial charge is 0.393 e. The van der Waals surface area contributed by atoms with Gasteiger partial charge in [-0.05, 0) is 35.3 Å². The van der Waals surface area contributed by atoms with E-state index in [-0.39, 0.29) is 6.61 Å². The topological polar surface area (TPSA) is 54.2 Å². The standard InChI is InChI=1S/C14H18BrFN4O/c1-10-18-13-12(5-11(15)6-17-13)20(10)4-2-3-19-7-14(16,8-19)9-21/h5-6,21H,2-4,7-9H2,1H3. The number of aliphatic hydroxyl groups is 1. The molecular formula is C14H18BrFN4O. The van der Waals surface area contributed by atoms with Crippen LogP contribution in [0.15, 0.2) is 16.7 Å². The summed E-state index contributed by atoms with van der Waals surface area (Å²) in [6.07, 6.45) is 2.66. The number of fused-ring (bicyclic) bond motifs is 1. The quantitative estimate of drug-likeness (QED) is 0.888. The van der Waals surface area contributed by atoms with Crippen LogP contribution in [-0.4, -0.2) is 56.5 Å². The Hall–Kier alpha value is -1.05. The highest BCUT2D eigenvalue weighted by molar-refractivity contribution is 9.10. The minimum atomic E-state index is -1.38. The molecule has 0 bridgehead atoms. The van der Waals surface area contributed by atoms with Crippen molar-refractivity contribution in [1.29, 1.82) is 0 Å². The third-order valence-corrected chi connectivity index (χ3v) is 4.35. The molecule has 0 unspecified atom stereocenters. The number of hydrogen-bond acceptors (Lipinski definition) is 4. The predicted octanol–water partition coefficient (Wildman–Crippen LogP) is 1.91.